The van der Waals surface area contributed by atoms with E-state index in [1.807, 2.05) is 97.1 Å². The van der Waals surface area contributed by atoms with E-state index >= 15 is 0 Å². The molecule has 4 nitrogen and oxygen atoms in total. The van der Waals surface area contributed by atoms with Crippen molar-refractivity contribution in [3.63, 3.8) is 0 Å². The minimum atomic E-state index is -0.343. The van der Waals surface area contributed by atoms with Crippen LogP contribution in [0.15, 0.2) is 180 Å². The maximum atomic E-state index is 9.69. The summed E-state index contributed by atoms with van der Waals surface area (Å²) in [4.78, 5) is 14.8. The minimum Gasteiger partial charge on any atom is -0.455 e. The Kier molecular flexibility index (Phi) is 5.59. The molecule has 260 valence electrons. The fourth-order valence-electron chi connectivity index (χ4n) is 8.08. The normalized spacial score (nSPS) is 13.4. The minimum absolute atomic E-state index is 0.0264. The zero-order valence-electron chi connectivity index (χ0n) is 35.4. The molecule has 5 heteroatoms. The number of furan rings is 1. The summed E-state index contributed by atoms with van der Waals surface area (Å²) in [7, 11) is 0. The van der Waals surface area contributed by atoms with Crippen molar-refractivity contribution in [3.05, 3.63) is 176 Å². The molecule has 0 spiro atoms. The first-order chi connectivity index (χ1) is 30.3. The second kappa shape index (κ2) is 12.2. The SMILES string of the molecule is [2H]c1c([2H])c([2H])c2c(oc3c([2H])c(-c4nc(-c5ccccc5)nc(-c5cccc6sc7ccccc7c56)n4)c([2H])c([2H])c32)c1-c1ccc2c3ccccc3c3ccccc3c2c1. The van der Waals surface area contributed by atoms with Crippen LogP contribution in [0.4, 0.5) is 0 Å². The summed E-state index contributed by atoms with van der Waals surface area (Å²) in [5.41, 5.74) is 2.36. The number of para-hydroxylation sites is 1. The van der Waals surface area contributed by atoms with Gasteiger partial charge in [-0.15, -0.1) is 11.3 Å². The molecule has 12 aromatic rings. The summed E-state index contributed by atoms with van der Waals surface area (Å²) in [6, 6.07) is 44.2. The van der Waals surface area contributed by atoms with Crippen molar-refractivity contribution in [3.8, 4) is 45.3 Å². The Morgan fingerprint density at radius 1 is 0.429 bits per heavy atom. The quantitative estimate of drug-likeness (QED) is 0.169. The van der Waals surface area contributed by atoms with Gasteiger partial charge in [-0.05, 0) is 68.2 Å². The number of aromatic nitrogens is 3. The van der Waals surface area contributed by atoms with Crippen molar-refractivity contribution < 1.29 is 12.6 Å². The number of thiophene rings is 1. The van der Waals surface area contributed by atoms with E-state index in [2.05, 4.69) is 42.5 Å². The smallest absolute Gasteiger partial charge is 0.164 e. The van der Waals surface area contributed by atoms with Crippen LogP contribution in [-0.4, -0.2) is 15.0 Å². The largest absolute Gasteiger partial charge is 0.455 e. The first kappa shape index (κ1) is 25.7. The van der Waals surface area contributed by atoms with Gasteiger partial charge in [-0.2, -0.15) is 0 Å². The van der Waals surface area contributed by atoms with E-state index in [-0.39, 0.29) is 75.1 Å². The van der Waals surface area contributed by atoms with Crippen LogP contribution in [-0.2, 0) is 0 Å². The highest BCUT2D eigenvalue weighted by molar-refractivity contribution is 7.25. The van der Waals surface area contributed by atoms with Crippen LogP contribution in [0.3, 0.4) is 0 Å². The average molecular weight is 738 g/mol. The van der Waals surface area contributed by atoms with E-state index in [4.69, 9.17) is 22.1 Å². The fraction of sp³-hybridized carbons (Fsp3) is 0. The van der Waals surface area contributed by atoms with Crippen LogP contribution in [0, 0.1) is 0 Å². The molecule has 0 saturated heterocycles. The van der Waals surface area contributed by atoms with Crippen LogP contribution in [0.1, 0.15) is 8.22 Å². The van der Waals surface area contributed by atoms with Crippen LogP contribution in [0.25, 0.3) is 120 Å². The highest BCUT2D eigenvalue weighted by atomic mass is 32.1. The molecule has 3 aromatic heterocycles. The fourth-order valence-corrected chi connectivity index (χ4v) is 9.21. The van der Waals surface area contributed by atoms with Gasteiger partial charge in [-0.3, -0.25) is 0 Å². The first-order valence-corrected chi connectivity index (χ1v) is 19.1. The molecule has 12 rings (SSSR count). The lowest BCUT2D eigenvalue weighted by molar-refractivity contribution is 0.670. The molecular formula is C51H29N3OS. The van der Waals surface area contributed by atoms with Crippen molar-refractivity contribution in [1.82, 2.24) is 15.0 Å². The Labute approximate surface area is 333 Å². The van der Waals surface area contributed by atoms with Gasteiger partial charge in [-0.1, -0.05) is 145 Å². The highest BCUT2D eigenvalue weighted by Gasteiger charge is 2.19. The van der Waals surface area contributed by atoms with Gasteiger partial charge in [0.05, 0.1) is 8.22 Å². The van der Waals surface area contributed by atoms with Gasteiger partial charge < -0.3 is 4.42 Å². The third-order valence-electron chi connectivity index (χ3n) is 10.6. The van der Waals surface area contributed by atoms with Gasteiger partial charge in [-0.25, -0.2) is 15.0 Å². The zero-order valence-corrected chi connectivity index (χ0v) is 30.3. The number of fused-ring (bicyclic) bond motifs is 12. The third-order valence-corrected chi connectivity index (χ3v) is 11.8. The summed E-state index contributed by atoms with van der Waals surface area (Å²) in [6.45, 7) is 0. The second-order valence-corrected chi connectivity index (χ2v) is 14.9. The van der Waals surface area contributed by atoms with Gasteiger partial charge in [0.2, 0.25) is 0 Å². The Balaban J connectivity index is 1.13. The van der Waals surface area contributed by atoms with Gasteiger partial charge >= 0.3 is 0 Å². The molecule has 0 bridgehead atoms. The van der Waals surface area contributed by atoms with Crippen molar-refractivity contribution in [2.75, 3.05) is 0 Å². The average Bonchev–Trinajstić information content (AvgIpc) is 3.90. The molecule has 0 fully saturated rings. The van der Waals surface area contributed by atoms with E-state index in [1.54, 1.807) is 11.3 Å². The third kappa shape index (κ3) is 4.75. The van der Waals surface area contributed by atoms with Crippen LogP contribution >= 0.6 is 11.3 Å². The van der Waals surface area contributed by atoms with Crippen molar-refractivity contribution in [2.45, 2.75) is 0 Å². The van der Waals surface area contributed by atoms with Gasteiger partial charge in [0.1, 0.15) is 11.2 Å². The molecule has 0 aliphatic heterocycles. The predicted octanol–water partition coefficient (Wildman–Crippen LogP) is 14.3. The van der Waals surface area contributed by atoms with Crippen LogP contribution < -0.4 is 0 Å². The number of rotatable bonds is 4. The van der Waals surface area contributed by atoms with Gasteiger partial charge in [0.25, 0.3) is 0 Å². The molecule has 0 radical (unpaired) electrons. The van der Waals surface area contributed by atoms with Crippen LogP contribution in [0.5, 0.6) is 0 Å². The van der Waals surface area contributed by atoms with Crippen LogP contribution in [0.2, 0.25) is 0 Å². The number of hydrogen-bond acceptors (Lipinski definition) is 5. The molecule has 0 N–H and O–H groups in total. The first-order valence-electron chi connectivity index (χ1n) is 21.3. The van der Waals surface area contributed by atoms with Crippen molar-refractivity contribution >= 4 is 85.8 Å². The van der Waals surface area contributed by atoms with E-state index in [9.17, 15) is 5.48 Å². The summed E-state index contributed by atoms with van der Waals surface area (Å²) in [6.07, 6.45) is 0. The van der Waals surface area contributed by atoms with Crippen molar-refractivity contribution in [2.24, 2.45) is 0 Å². The van der Waals surface area contributed by atoms with Crippen molar-refractivity contribution in [1.29, 1.82) is 0 Å². The lowest BCUT2D eigenvalue weighted by Crippen LogP contribution is -2.00. The maximum absolute atomic E-state index is 9.69. The monoisotopic (exact) mass is 737 g/mol. The Hall–Kier alpha value is -7.21. The van der Waals surface area contributed by atoms with E-state index < -0.39 is 0 Å². The van der Waals surface area contributed by atoms with E-state index in [0.29, 0.717) is 22.8 Å². The topological polar surface area (TPSA) is 51.8 Å². The Morgan fingerprint density at radius 2 is 1.07 bits per heavy atom. The number of benzene rings is 9. The Morgan fingerprint density at radius 3 is 1.86 bits per heavy atom. The molecule has 56 heavy (non-hydrogen) atoms. The standard InChI is InChI=1S/C51H29N3OS/c1-2-12-30(13-3-1)49-52-50(54-51(53-49)42-21-11-23-46-47(42)41-18-8-9-22-45(41)56-46)32-25-27-39-40-20-10-19-33(48(40)55-44(39)29-32)31-24-26-38-36-16-5-4-14-34(36)35-15-6-7-17-37(35)43(38)28-31/h1-29H/i10D,19D,20D,25D,27D,29D. The molecule has 0 aliphatic carbocycles. The molecule has 0 aliphatic rings. The highest BCUT2D eigenvalue weighted by Crippen LogP contribution is 2.42. The predicted molar refractivity (Wildman–Crippen MR) is 234 cm³/mol. The van der Waals surface area contributed by atoms with Gasteiger partial charge in [0, 0.05) is 53.2 Å². The summed E-state index contributed by atoms with van der Waals surface area (Å²) in [5.74, 6) is 0.712. The molecular weight excluding hydrogens is 703 g/mol. The number of nitrogens with zero attached hydrogens (tertiary/aromatic N) is 3. The molecule has 0 saturated carbocycles. The molecule has 9 aromatic carbocycles. The lowest BCUT2D eigenvalue weighted by atomic mass is 9.92. The van der Waals surface area contributed by atoms with E-state index in [0.717, 1.165) is 58.1 Å². The summed E-state index contributed by atoms with van der Waals surface area (Å²) < 4.78 is 64.7. The maximum Gasteiger partial charge on any atom is 0.164 e. The number of hydrogen-bond donors (Lipinski definition) is 0. The van der Waals surface area contributed by atoms with Gasteiger partial charge in [0.15, 0.2) is 17.5 Å². The summed E-state index contributed by atoms with van der Waals surface area (Å²) in [5, 5.41) is 8.51. The van der Waals surface area contributed by atoms with E-state index in [1.165, 1.54) is 0 Å². The molecule has 3 heterocycles. The zero-order chi connectivity index (χ0) is 42.0. The summed E-state index contributed by atoms with van der Waals surface area (Å²) >= 11 is 1.68. The lowest BCUT2D eigenvalue weighted by Gasteiger charge is -2.12. The second-order valence-electron chi connectivity index (χ2n) is 13.8. The molecule has 0 atom stereocenters. The molecule has 0 amide bonds. The molecule has 0 unspecified atom stereocenters. The Bertz CT molecular complexity index is 3870.